The Hall–Kier alpha value is -2.91. The maximum atomic E-state index is 11.7. The van der Waals surface area contributed by atoms with Crippen molar-refractivity contribution >= 4 is 5.90 Å². The van der Waals surface area contributed by atoms with Crippen LogP contribution in [0.25, 0.3) is 0 Å². The standard InChI is InChI=1S/C24H23NO2/c26-24(16-19-10-4-1-5-11-19,17-20-12-6-2-7-13-20)22-18-27-23(25-22)21-14-8-3-9-15-21/h1-15,22,26H,16-18H2/t22-/m1/s1. The minimum absolute atomic E-state index is 0.312. The molecule has 3 aromatic carbocycles. The Morgan fingerprint density at radius 3 is 1.78 bits per heavy atom. The Morgan fingerprint density at radius 1 is 0.778 bits per heavy atom. The summed E-state index contributed by atoms with van der Waals surface area (Å²) in [5, 5.41) is 11.7. The molecule has 27 heavy (non-hydrogen) atoms. The zero-order valence-corrected chi connectivity index (χ0v) is 15.2. The molecule has 0 saturated carbocycles. The van der Waals surface area contributed by atoms with Gasteiger partial charge in [0.05, 0.1) is 5.60 Å². The molecule has 1 N–H and O–H groups in total. The van der Waals surface area contributed by atoms with Gasteiger partial charge in [-0.1, -0.05) is 78.9 Å². The molecule has 0 fully saturated rings. The third-order valence-corrected chi connectivity index (χ3v) is 5.00. The first kappa shape index (κ1) is 17.5. The summed E-state index contributed by atoms with van der Waals surface area (Å²) in [6.07, 6.45) is 1.06. The second-order valence-electron chi connectivity index (χ2n) is 7.06. The van der Waals surface area contributed by atoms with Crippen LogP contribution in [0.4, 0.5) is 0 Å². The first-order chi connectivity index (χ1) is 13.2. The van der Waals surface area contributed by atoms with Crippen molar-refractivity contribution in [3.8, 4) is 0 Å². The van der Waals surface area contributed by atoms with Crippen molar-refractivity contribution in [2.24, 2.45) is 4.99 Å². The highest BCUT2D eigenvalue weighted by molar-refractivity contribution is 5.95. The van der Waals surface area contributed by atoms with Crippen LogP contribution >= 0.6 is 0 Å². The van der Waals surface area contributed by atoms with Crippen molar-refractivity contribution < 1.29 is 9.84 Å². The monoisotopic (exact) mass is 357 g/mol. The lowest BCUT2D eigenvalue weighted by atomic mass is 9.82. The third-order valence-electron chi connectivity index (χ3n) is 5.00. The number of rotatable bonds is 6. The largest absolute Gasteiger partial charge is 0.475 e. The van der Waals surface area contributed by atoms with E-state index in [1.165, 1.54) is 0 Å². The van der Waals surface area contributed by atoms with Crippen molar-refractivity contribution in [1.82, 2.24) is 0 Å². The van der Waals surface area contributed by atoms with Gasteiger partial charge in [0.1, 0.15) is 12.6 Å². The van der Waals surface area contributed by atoms with E-state index < -0.39 is 5.60 Å². The topological polar surface area (TPSA) is 41.8 Å². The van der Waals surface area contributed by atoms with Gasteiger partial charge in [0.2, 0.25) is 5.90 Å². The molecule has 0 spiro atoms. The Labute approximate surface area is 160 Å². The molecular formula is C24H23NO2. The lowest BCUT2D eigenvalue weighted by Gasteiger charge is -2.32. The molecule has 0 radical (unpaired) electrons. The molecule has 0 aliphatic carbocycles. The Bertz CT molecular complexity index is 850. The average Bonchev–Trinajstić information content (AvgIpc) is 3.21. The Balaban J connectivity index is 1.64. The van der Waals surface area contributed by atoms with Crippen LogP contribution in [0.3, 0.4) is 0 Å². The summed E-state index contributed by atoms with van der Waals surface area (Å²) in [6, 6.07) is 29.7. The molecule has 1 aliphatic heterocycles. The van der Waals surface area contributed by atoms with Crippen molar-refractivity contribution in [3.05, 3.63) is 108 Å². The van der Waals surface area contributed by atoms with Crippen molar-refractivity contribution in [1.29, 1.82) is 0 Å². The number of hydrogen-bond donors (Lipinski definition) is 1. The molecular weight excluding hydrogens is 334 g/mol. The molecule has 3 heteroatoms. The molecule has 0 amide bonds. The van der Waals surface area contributed by atoms with Gasteiger partial charge in [-0.3, -0.25) is 0 Å². The quantitative estimate of drug-likeness (QED) is 0.723. The fourth-order valence-electron chi connectivity index (χ4n) is 3.58. The maximum absolute atomic E-state index is 11.7. The molecule has 4 rings (SSSR count). The Morgan fingerprint density at radius 2 is 1.26 bits per heavy atom. The highest BCUT2D eigenvalue weighted by atomic mass is 16.5. The second kappa shape index (κ2) is 7.77. The van der Waals surface area contributed by atoms with E-state index in [0.29, 0.717) is 25.3 Å². The fourth-order valence-corrected chi connectivity index (χ4v) is 3.58. The van der Waals surface area contributed by atoms with Gasteiger partial charge in [-0.25, -0.2) is 4.99 Å². The van der Waals surface area contributed by atoms with Crippen LogP contribution in [-0.2, 0) is 17.6 Å². The fraction of sp³-hybridized carbons (Fsp3) is 0.208. The normalized spacial score (nSPS) is 16.6. The summed E-state index contributed by atoms with van der Waals surface area (Å²) in [5.74, 6) is 0.611. The van der Waals surface area contributed by atoms with Crippen LogP contribution in [0, 0.1) is 0 Å². The summed E-state index contributed by atoms with van der Waals surface area (Å²) in [7, 11) is 0. The second-order valence-corrected chi connectivity index (χ2v) is 7.06. The van der Waals surface area contributed by atoms with Crippen LogP contribution in [0.1, 0.15) is 16.7 Å². The maximum Gasteiger partial charge on any atom is 0.216 e. The van der Waals surface area contributed by atoms with Crippen LogP contribution in [0.2, 0.25) is 0 Å². The smallest absolute Gasteiger partial charge is 0.216 e. The number of nitrogens with zero attached hydrogens (tertiary/aromatic N) is 1. The number of ether oxygens (including phenoxy) is 1. The van der Waals surface area contributed by atoms with Gasteiger partial charge in [0.25, 0.3) is 0 Å². The predicted octanol–water partition coefficient (Wildman–Crippen LogP) is 4.05. The third kappa shape index (κ3) is 4.09. The number of aliphatic hydroxyl groups is 1. The molecule has 0 unspecified atom stereocenters. The molecule has 3 aromatic rings. The van der Waals surface area contributed by atoms with E-state index >= 15 is 0 Å². The minimum Gasteiger partial charge on any atom is -0.475 e. The van der Waals surface area contributed by atoms with Crippen molar-refractivity contribution in [2.45, 2.75) is 24.5 Å². The average molecular weight is 357 g/mol. The van der Waals surface area contributed by atoms with E-state index in [1.54, 1.807) is 0 Å². The lowest BCUT2D eigenvalue weighted by molar-refractivity contribution is 0.00806. The summed E-state index contributed by atoms with van der Waals surface area (Å²) in [6.45, 7) is 0.389. The van der Waals surface area contributed by atoms with Crippen LogP contribution in [-0.4, -0.2) is 29.3 Å². The Kier molecular flexibility index (Phi) is 5.03. The number of aliphatic imine (C=N–C) groups is 1. The zero-order chi connectivity index (χ0) is 18.5. The first-order valence-electron chi connectivity index (χ1n) is 9.29. The van der Waals surface area contributed by atoms with Crippen LogP contribution in [0.5, 0.6) is 0 Å². The van der Waals surface area contributed by atoms with Crippen LogP contribution in [0.15, 0.2) is 96.0 Å². The molecule has 3 nitrogen and oxygen atoms in total. The summed E-state index contributed by atoms with van der Waals surface area (Å²) in [4.78, 5) is 4.77. The van der Waals surface area contributed by atoms with E-state index in [1.807, 2.05) is 91.0 Å². The van der Waals surface area contributed by atoms with Gasteiger partial charge in [-0.15, -0.1) is 0 Å². The van der Waals surface area contributed by atoms with Gasteiger partial charge in [-0.2, -0.15) is 0 Å². The zero-order valence-electron chi connectivity index (χ0n) is 15.2. The molecule has 0 saturated heterocycles. The van der Waals surface area contributed by atoms with Gasteiger partial charge >= 0.3 is 0 Å². The van der Waals surface area contributed by atoms with Crippen LogP contribution < -0.4 is 0 Å². The summed E-state index contributed by atoms with van der Waals surface area (Å²) in [5.41, 5.74) is 2.12. The summed E-state index contributed by atoms with van der Waals surface area (Å²) < 4.78 is 5.86. The predicted molar refractivity (Wildman–Crippen MR) is 108 cm³/mol. The minimum atomic E-state index is -1.01. The van der Waals surface area contributed by atoms with Gasteiger partial charge in [0, 0.05) is 18.4 Å². The first-order valence-corrected chi connectivity index (χ1v) is 9.29. The molecule has 1 heterocycles. The van der Waals surface area contributed by atoms with Crippen molar-refractivity contribution in [3.63, 3.8) is 0 Å². The van der Waals surface area contributed by atoms with Gasteiger partial charge in [0.15, 0.2) is 0 Å². The SMILES string of the molecule is OC(Cc1ccccc1)(Cc1ccccc1)[C@H]1COC(c2ccccc2)=N1. The number of hydrogen-bond acceptors (Lipinski definition) is 3. The molecule has 0 bridgehead atoms. The van der Waals surface area contributed by atoms with Gasteiger partial charge in [-0.05, 0) is 23.3 Å². The van der Waals surface area contributed by atoms with E-state index in [0.717, 1.165) is 16.7 Å². The van der Waals surface area contributed by atoms with E-state index in [9.17, 15) is 5.11 Å². The number of benzene rings is 3. The molecule has 1 atom stereocenters. The van der Waals surface area contributed by atoms with Crippen molar-refractivity contribution in [2.75, 3.05) is 6.61 Å². The molecule has 136 valence electrons. The van der Waals surface area contributed by atoms with E-state index in [4.69, 9.17) is 9.73 Å². The highest BCUT2D eigenvalue weighted by Gasteiger charge is 2.40. The molecule has 0 aromatic heterocycles. The summed E-state index contributed by atoms with van der Waals surface area (Å²) >= 11 is 0. The van der Waals surface area contributed by atoms with E-state index in [-0.39, 0.29) is 6.04 Å². The lowest BCUT2D eigenvalue weighted by Crippen LogP contribution is -2.46. The molecule has 1 aliphatic rings. The highest BCUT2D eigenvalue weighted by Crippen LogP contribution is 2.29. The van der Waals surface area contributed by atoms with E-state index in [2.05, 4.69) is 0 Å². The van der Waals surface area contributed by atoms with Gasteiger partial charge < -0.3 is 9.84 Å².